The highest BCUT2D eigenvalue weighted by atomic mass is 16.1. The molecule has 1 aliphatic rings. The first-order valence-corrected chi connectivity index (χ1v) is 10.4. The van der Waals surface area contributed by atoms with Crippen molar-refractivity contribution in [3.63, 3.8) is 0 Å². The molecule has 162 valence electrons. The number of benzene rings is 1. The maximum absolute atomic E-state index is 12.0. The minimum absolute atomic E-state index is 0.137. The minimum Gasteiger partial charge on any atom is -0.355 e. The number of hydrogen-bond donors (Lipinski definition) is 4. The molecule has 0 radical (unpaired) electrons. The SMILES string of the molecule is CNC(=O)c1ccc(C)c(Nc2nc(N[C@@H]3CCNC3)nc(N(C)CC(C)C)n2)c1. The van der Waals surface area contributed by atoms with Crippen LogP contribution in [0, 0.1) is 12.8 Å². The van der Waals surface area contributed by atoms with Crippen molar-refractivity contribution >= 4 is 29.4 Å². The summed E-state index contributed by atoms with van der Waals surface area (Å²) in [6.45, 7) is 9.01. The molecule has 1 amide bonds. The number of anilines is 4. The summed E-state index contributed by atoms with van der Waals surface area (Å²) in [5.74, 6) is 1.94. The first kappa shape index (κ1) is 21.8. The van der Waals surface area contributed by atoms with Gasteiger partial charge in [0.05, 0.1) is 0 Å². The molecule has 1 aromatic carbocycles. The van der Waals surface area contributed by atoms with Crippen molar-refractivity contribution in [3.05, 3.63) is 29.3 Å². The number of carbonyl (C=O) groups excluding carboxylic acids is 1. The predicted octanol–water partition coefficient (Wildman–Crippen LogP) is 2.15. The molecule has 1 aromatic heterocycles. The topological polar surface area (TPSA) is 107 Å². The van der Waals surface area contributed by atoms with Crippen LogP contribution in [0.4, 0.5) is 23.5 Å². The van der Waals surface area contributed by atoms with Crippen LogP contribution in [0.1, 0.15) is 36.2 Å². The van der Waals surface area contributed by atoms with E-state index < -0.39 is 0 Å². The lowest BCUT2D eigenvalue weighted by Gasteiger charge is -2.21. The van der Waals surface area contributed by atoms with E-state index in [-0.39, 0.29) is 5.91 Å². The Kier molecular flexibility index (Phi) is 7.04. The van der Waals surface area contributed by atoms with E-state index >= 15 is 0 Å². The zero-order valence-electron chi connectivity index (χ0n) is 18.4. The van der Waals surface area contributed by atoms with Crippen molar-refractivity contribution in [2.24, 2.45) is 5.92 Å². The molecule has 0 spiro atoms. The Morgan fingerprint density at radius 2 is 2.03 bits per heavy atom. The highest BCUT2D eigenvalue weighted by Gasteiger charge is 2.18. The smallest absolute Gasteiger partial charge is 0.251 e. The molecule has 1 saturated heterocycles. The molecule has 9 heteroatoms. The summed E-state index contributed by atoms with van der Waals surface area (Å²) in [6.07, 6.45) is 1.03. The summed E-state index contributed by atoms with van der Waals surface area (Å²) in [4.78, 5) is 27.9. The van der Waals surface area contributed by atoms with Gasteiger partial charge in [0, 0.05) is 44.5 Å². The molecule has 0 saturated carbocycles. The van der Waals surface area contributed by atoms with Crippen LogP contribution < -0.4 is 26.2 Å². The molecule has 30 heavy (non-hydrogen) atoms. The Morgan fingerprint density at radius 1 is 1.27 bits per heavy atom. The summed E-state index contributed by atoms with van der Waals surface area (Å²) in [5, 5.41) is 12.7. The Labute approximate surface area is 178 Å². The molecule has 0 aliphatic carbocycles. The highest BCUT2D eigenvalue weighted by molar-refractivity contribution is 5.95. The number of hydrogen-bond acceptors (Lipinski definition) is 8. The molecule has 2 aromatic rings. The fourth-order valence-corrected chi connectivity index (χ4v) is 3.41. The normalized spacial score (nSPS) is 15.9. The predicted molar refractivity (Wildman–Crippen MR) is 121 cm³/mol. The van der Waals surface area contributed by atoms with Crippen LogP contribution in [-0.2, 0) is 0 Å². The maximum atomic E-state index is 12.0. The number of nitrogens with zero attached hydrogens (tertiary/aromatic N) is 4. The van der Waals surface area contributed by atoms with Gasteiger partial charge >= 0.3 is 0 Å². The standard InChI is InChI=1S/C21H32N8O/c1-13(2)12-29(5)21-27-19(24-16-8-9-23-11-16)26-20(28-21)25-17-10-15(18(30)22-4)7-6-14(17)3/h6-7,10,13,16,23H,8-9,11-12H2,1-5H3,(H,22,30)(H2,24,25,26,27,28)/t16-/m1/s1. The number of aryl methyl sites for hydroxylation is 1. The second-order valence-corrected chi connectivity index (χ2v) is 8.12. The molecular weight excluding hydrogens is 380 g/mol. The molecule has 0 bridgehead atoms. The van der Waals surface area contributed by atoms with Crippen molar-refractivity contribution in [1.82, 2.24) is 25.6 Å². The molecule has 9 nitrogen and oxygen atoms in total. The van der Waals surface area contributed by atoms with Crippen LogP contribution in [-0.4, -0.2) is 60.6 Å². The van der Waals surface area contributed by atoms with E-state index in [1.807, 2.05) is 31.0 Å². The summed E-state index contributed by atoms with van der Waals surface area (Å²) in [6, 6.07) is 5.81. The van der Waals surface area contributed by atoms with Gasteiger partial charge in [-0.15, -0.1) is 0 Å². The number of nitrogens with one attached hydrogen (secondary N) is 4. The molecular formula is C21H32N8O. The highest BCUT2D eigenvalue weighted by Crippen LogP contribution is 2.23. The Hall–Kier alpha value is -2.94. The minimum atomic E-state index is -0.137. The molecule has 1 aliphatic heterocycles. The number of aromatic nitrogens is 3. The quantitative estimate of drug-likeness (QED) is 0.523. The maximum Gasteiger partial charge on any atom is 0.251 e. The average molecular weight is 413 g/mol. The lowest BCUT2D eigenvalue weighted by Crippen LogP contribution is -2.27. The number of carbonyl (C=O) groups is 1. The summed E-state index contributed by atoms with van der Waals surface area (Å²) >= 11 is 0. The van der Waals surface area contributed by atoms with Crippen LogP contribution in [0.3, 0.4) is 0 Å². The van der Waals surface area contributed by atoms with Crippen molar-refractivity contribution in [2.75, 3.05) is 49.3 Å². The first-order chi connectivity index (χ1) is 14.4. The van der Waals surface area contributed by atoms with Gasteiger partial charge in [0.15, 0.2) is 0 Å². The largest absolute Gasteiger partial charge is 0.355 e. The van der Waals surface area contributed by atoms with Gasteiger partial charge in [-0.1, -0.05) is 19.9 Å². The van der Waals surface area contributed by atoms with E-state index in [1.165, 1.54) is 0 Å². The van der Waals surface area contributed by atoms with Crippen molar-refractivity contribution < 1.29 is 4.79 Å². The molecule has 1 fully saturated rings. The monoisotopic (exact) mass is 412 g/mol. The Morgan fingerprint density at radius 3 is 2.70 bits per heavy atom. The summed E-state index contributed by atoms with van der Waals surface area (Å²) < 4.78 is 0. The van der Waals surface area contributed by atoms with Crippen molar-refractivity contribution in [1.29, 1.82) is 0 Å². The average Bonchev–Trinajstić information content (AvgIpc) is 3.21. The fourth-order valence-electron chi connectivity index (χ4n) is 3.41. The second-order valence-electron chi connectivity index (χ2n) is 8.12. The second kappa shape index (κ2) is 9.71. The van der Waals surface area contributed by atoms with Crippen LogP contribution in [0.5, 0.6) is 0 Å². The summed E-state index contributed by atoms with van der Waals surface area (Å²) in [7, 11) is 3.60. The third kappa shape index (κ3) is 5.56. The van der Waals surface area contributed by atoms with Gasteiger partial charge < -0.3 is 26.2 Å². The van der Waals surface area contributed by atoms with E-state index in [0.29, 0.717) is 35.4 Å². The van der Waals surface area contributed by atoms with Gasteiger partial charge in [-0.3, -0.25) is 4.79 Å². The molecule has 0 unspecified atom stereocenters. The van der Waals surface area contributed by atoms with Gasteiger partial charge in [-0.05, 0) is 43.5 Å². The molecule has 1 atom stereocenters. The van der Waals surface area contributed by atoms with E-state index in [2.05, 4.69) is 50.1 Å². The lowest BCUT2D eigenvalue weighted by atomic mass is 10.1. The zero-order valence-corrected chi connectivity index (χ0v) is 18.4. The van der Waals surface area contributed by atoms with Gasteiger partial charge in [0.2, 0.25) is 17.8 Å². The molecule has 4 N–H and O–H groups in total. The fraction of sp³-hybridized carbons (Fsp3) is 0.524. The van der Waals surface area contributed by atoms with Crippen LogP contribution in [0.25, 0.3) is 0 Å². The van der Waals surface area contributed by atoms with Crippen LogP contribution >= 0.6 is 0 Å². The Balaban J connectivity index is 1.91. The van der Waals surface area contributed by atoms with Gasteiger partial charge in [0.25, 0.3) is 5.91 Å². The van der Waals surface area contributed by atoms with E-state index in [9.17, 15) is 4.79 Å². The van der Waals surface area contributed by atoms with Crippen molar-refractivity contribution in [2.45, 2.75) is 33.2 Å². The van der Waals surface area contributed by atoms with E-state index in [1.54, 1.807) is 13.1 Å². The van der Waals surface area contributed by atoms with E-state index in [4.69, 9.17) is 0 Å². The van der Waals surface area contributed by atoms with Crippen LogP contribution in [0.2, 0.25) is 0 Å². The number of rotatable bonds is 8. The Bertz CT molecular complexity index is 879. The first-order valence-electron chi connectivity index (χ1n) is 10.4. The van der Waals surface area contributed by atoms with Crippen LogP contribution in [0.15, 0.2) is 18.2 Å². The lowest BCUT2D eigenvalue weighted by molar-refractivity contribution is 0.0963. The van der Waals surface area contributed by atoms with E-state index in [0.717, 1.165) is 37.3 Å². The third-order valence-electron chi connectivity index (χ3n) is 4.97. The van der Waals surface area contributed by atoms with Gasteiger partial charge in [0.1, 0.15) is 0 Å². The zero-order chi connectivity index (χ0) is 21.7. The third-order valence-corrected chi connectivity index (χ3v) is 4.97. The number of amides is 1. The molecule has 2 heterocycles. The van der Waals surface area contributed by atoms with Crippen molar-refractivity contribution in [3.8, 4) is 0 Å². The van der Waals surface area contributed by atoms with Gasteiger partial charge in [-0.2, -0.15) is 15.0 Å². The van der Waals surface area contributed by atoms with Gasteiger partial charge in [-0.25, -0.2) is 0 Å². The summed E-state index contributed by atoms with van der Waals surface area (Å²) in [5.41, 5.74) is 2.36. The molecule has 3 rings (SSSR count).